The topological polar surface area (TPSA) is 58.4 Å². The number of nitrogens with zero attached hydrogens (tertiary/aromatic N) is 1. The summed E-state index contributed by atoms with van der Waals surface area (Å²) in [6.07, 6.45) is 1.88. The van der Waals surface area contributed by atoms with E-state index < -0.39 is 0 Å². The first-order valence-electron chi connectivity index (χ1n) is 6.96. The molecule has 0 radical (unpaired) electrons. The van der Waals surface area contributed by atoms with Gasteiger partial charge < -0.3 is 11.1 Å². The summed E-state index contributed by atoms with van der Waals surface area (Å²) in [6, 6.07) is 0.295. The molecule has 0 spiro atoms. The van der Waals surface area contributed by atoms with Gasteiger partial charge in [-0.25, -0.2) is 0 Å². The summed E-state index contributed by atoms with van der Waals surface area (Å²) in [5, 5.41) is 2.91. The normalized spacial score (nSPS) is 15.6. The third kappa shape index (κ3) is 5.83. The highest BCUT2D eigenvalue weighted by Crippen LogP contribution is 2.26. The van der Waals surface area contributed by atoms with Crippen LogP contribution in [-0.4, -0.2) is 43.0 Å². The molecular formula is C14H31N3O. The van der Waals surface area contributed by atoms with E-state index in [4.69, 9.17) is 5.73 Å². The molecule has 0 bridgehead atoms. The number of nitrogens with one attached hydrogen (secondary N) is 1. The molecule has 108 valence electrons. The van der Waals surface area contributed by atoms with Crippen LogP contribution in [0, 0.1) is 5.41 Å². The average Bonchev–Trinajstić information content (AvgIpc) is 2.24. The lowest BCUT2D eigenvalue weighted by Gasteiger charge is -2.41. The lowest BCUT2D eigenvalue weighted by molar-refractivity contribution is -0.123. The van der Waals surface area contributed by atoms with Gasteiger partial charge in [0.2, 0.25) is 5.91 Å². The number of likely N-dealkylation sites (N-methyl/N-ethyl adjacent to an activating group) is 1. The summed E-state index contributed by atoms with van der Waals surface area (Å²) in [5.74, 6) is 0.0805. The summed E-state index contributed by atoms with van der Waals surface area (Å²) in [4.78, 5) is 13.8. The molecule has 0 saturated carbocycles. The fraction of sp³-hybridized carbons (Fsp3) is 0.929. The fourth-order valence-corrected chi connectivity index (χ4v) is 2.50. The molecule has 0 saturated heterocycles. The summed E-state index contributed by atoms with van der Waals surface area (Å²) < 4.78 is 0. The maximum absolute atomic E-state index is 11.8. The van der Waals surface area contributed by atoms with Gasteiger partial charge in [-0.2, -0.15) is 0 Å². The van der Waals surface area contributed by atoms with E-state index in [2.05, 4.69) is 44.8 Å². The van der Waals surface area contributed by atoms with Crippen LogP contribution < -0.4 is 11.1 Å². The van der Waals surface area contributed by atoms with E-state index in [1.54, 1.807) is 0 Å². The van der Waals surface area contributed by atoms with E-state index in [0.717, 1.165) is 19.4 Å². The van der Waals surface area contributed by atoms with Crippen molar-refractivity contribution in [1.29, 1.82) is 0 Å². The Morgan fingerprint density at radius 1 is 1.33 bits per heavy atom. The van der Waals surface area contributed by atoms with E-state index in [-0.39, 0.29) is 23.4 Å². The third-order valence-electron chi connectivity index (χ3n) is 3.20. The van der Waals surface area contributed by atoms with Crippen molar-refractivity contribution in [2.75, 3.05) is 20.1 Å². The maximum atomic E-state index is 11.8. The van der Waals surface area contributed by atoms with E-state index >= 15 is 0 Å². The average molecular weight is 257 g/mol. The van der Waals surface area contributed by atoms with E-state index in [9.17, 15) is 4.79 Å². The van der Waals surface area contributed by atoms with Crippen molar-refractivity contribution in [3.63, 3.8) is 0 Å². The molecule has 0 aromatic carbocycles. The quantitative estimate of drug-likeness (QED) is 0.728. The molecule has 0 aromatic heterocycles. The summed E-state index contributed by atoms with van der Waals surface area (Å²) in [7, 11) is 1.98. The molecular weight excluding hydrogens is 226 g/mol. The van der Waals surface area contributed by atoms with E-state index in [0.29, 0.717) is 6.54 Å². The molecule has 0 aliphatic carbocycles. The Morgan fingerprint density at radius 3 is 2.28 bits per heavy atom. The molecule has 0 aliphatic rings. The highest BCUT2D eigenvalue weighted by Gasteiger charge is 2.33. The number of nitrogens with two attached hydrogens (primary N) is 1. The van der Waals surface area contributed by atoms with Gasteiger partial charge in [0.25, 0.3) is 0 Å². The van der Waals surface area contributed by atoms with Crippen LogP contribution in [0.4, 0.5) is 0 Å². The van der Waals surface area contributed by atoms with E-state index in [1.165, 1.54) is 0 Å². The molecule has 0 aliphatic heterocycles. The largest absolute Gasteiger partial charge is 0.355 e. The molecule has 0 aromatic rings. The Morgan fingerprint density at radius 2 is 1.89 bits per heavy atom. The van der Waals surface area contributed by atoms with Gasteiger partial charge in [0.15, 0.2) is 0 Å². The SMILES string of the molecule is CCCNC(=O)CN(C)C(C(N)CC)C(C)(C)C. The van der Waals surface area contributed by atoms with Gasteiger partial charge in [-0.05, 0) is 25.3 Å². The first-order chi connectivity index (χ1) is 8.23. The number of hydrogen-bond acceptors (Lipinski definition) is 3. The second-order valence-electron chi connectivity index (χ2n) is 6.15. The van der Waals surface area contributed by atoms with Crippen molar-refractivity contribution in [2.45, 2.75) is 59.5 Å². The van der Waals surface area contributed by atoms with Crippen molar-refractivity contribution < 1.29 is 4.79 Å². The fourth-order valence-electron chi connectivity index (χ4n) is 2.50. The van der Waals surface area contributed by atoms with Gasteiger partial charge in [-0.3, -0.25) is 9.69 Å². The zero-order chi connectivity index (χ0) is 14.3. The van der Waals surface area contributed by atoms with Crippen LogP contribution >= 0.6 is 0 Å². The lowest BCUT2D eigenvalue weighted by Crippen LogP contribution is -2.55. The molecule has 3 N–H and O–H groups in total. The minimum absolute atomic E-state index is 0.0647. The maximum Gasteiger partial charge on any atom is 0.234 e. The standard InChI is InChI=1S/C14H31N3O/c1-7-9-16-12(18)10-17(6)13(11(15)8-2)14(3,4)5/h11,13H,7-10,15H2,1-6H3,(H,16,18). The minimum Gasteiger partial charge on any atom is -0.355 e. The highest BCUT2D eigenvalue weighted by molar-refractivity contribution is 5.77. The predicted molar refractivity (Wildman–Crippen MR) is 77.4 cm³/mol. The van der Waals surface area contributed by atoms with Gasteiger partial charge in [0, 0.05) is 18.6 Å². The van der Waals surface area contributed by atoms with Crippen LogP contribution in [0.2, 0.25) is 0 Å². The Balaban J connectivity index is 4.57. The van der Waals surface area contributed by atoms with Gasteiger partial charge >= 0.3 is 0 Å². The third-order valence-corrected chi connectivity index (χ3v) is 3.20. The smallest absolute Gasteiger partial charge is 0.234 e. The molecule has 18 heavy (non-hydrogen) atoms. The first-order valence-corrected chi connectivity index (χ1v) is 6.96. The Labute approximate surface area is 112 Å². The predicted octanol–water partition coefficient (Wildman–Crippen LogP) is 1.60. The van der Waals surface area contributed by atoms with Crippen molar-refractivity contribution >= 4 is 5.91 Å². The molecule has 0 rings (SSSR count). The van der Waals surface area contributed by atoms with Crippen molar-refractivity contribution in [1.82, 2.24) is 10.2 Å². The second kappa shape index (κ2) is 7.74. The second-order valence-corrected chi connectivity index (χ2v) is 6.15. The molecule has 0 fully saturated rings. The number of carbonyl (C=O) groups excluding carboxylic acids is 1. The van der Waals surface area contributed by atoms with Crippen LogP contribution in [0.15, 0.2) is 0 Å². The molecule has 2 atom stereocenters. The summed E-state index contributed by atoms with van der Waals surface area (Å²) in [5.41, 5.74) is 6.27. The number of hydrogen-bond donors (Lipinski definition) is 2. The molecule has 2 unspecified atom stereocenters. The van der Waals surface area contributed by atoms with Crippen molar-refractivity contribution in [3.05, 3.63) is 0 Å². The number of rotatable bonds is 7. The van der Waals surface area contributed by atoms with Gasteiger partial charge in [-0.15, -0.1) is 0 Å². The van der Waals surface area contributed by atoms with Crippen molar-refractivity contribution in [2.24, 2.45) is 11.1 Å². The van der Waals surface area contributed by atoms with E-state index in [1.807, 2.05) is 7.05 Å². The molecule has 4 nitrogen and oxygen atoms in total. The van der Waals surface area contributed by atoms with Crippen LogP contribution in [0.1, 0.15) is 47.5 Å². The number of amides is 1. The van der Waals surface area contributed by atoms with Crippen LogP contribution in [0.5, 0.6) is 0 Å². The Kier molecular flexibility index (Phi) is 7.48. The van der Waals surface area contributed by atoms with Gasteiger partial charge in [-0.1, -0.05) is 34.6 Å². The summed E-state index contributed by atoms with van der Waals surface area (Å²) in [6.45, 7) is 11.8. The van der Waals surface area contributed by atoms with Crippen LogP contribution in [0.3, 0.4) is 0 Å². The highest BCUT2D eigenvalue weighted by atomic mass is 16.2. The van der Waals surface area contributed by atoms with Crippen molar-refractivity contribution in [3.8, 4) is 0 Å². The lowest BCUT2D eigenvalue weighted by atomic mass is 9.80. The Hall–Kier alpha value is -0.610. The zero-order valence-electron chi connectivity index (χ0n) is 12.9. The van der Waals surface area contributed by atoms with Crippen LogP contribution in [0.25, 0.3) is 0 Å². The number of carbonyl (C=O) groups is 1. The van der Waals surface area contributed by atoms with Gasteiger partial charge in [0.1, 0.15) is 0 Å². The zero-order valence-corrected chi connectivity index (χ0v) is 12.9. The molecule has 4 heteroatoms. The molecule has 1 amide bonds. The van der Waals surface area contributed by atoms with Gasteiger partial charge in [0.05, 0.1) is 6.54 Å². The summed E-state index contributed by atoms with van der Waals surface area (Å²) >= 11 is 0. The first kappa shape index (κ1) is 17.4. The molecule has 0 heterocycles. The minimum atomic E-state index is 0.0647. The monoisotopic (exact) mass is 257 g/mol. The Bertz CT molecular complexity index is 248. The van der Waals surface area contributed by atoms with Crippen LogP contribution in [-0.2, 0) is 4.79 Å².